The van der Waals surface area contributed by atoms with Gasteiger partial charge in [0.2, 0.25) is 14.0 Å². The molecule has 4 atom stereocenters. The summed E-state index contributed by atoms with van der Waals surface area (Å²) in [5.74, 6) is 2.30. The molecule has 0 spiro atoms. The minimum atomic E-state index is -2.09. The molecule has 4 saturated heterocycles. The molecule has 4 heterocycles. The van der Waals surface area contributed by atoms with Gasteiger partial charge in [0.05, 0.1) is 6.26 Å². The molecule has 16 heteroatoms. The lowest BCUT2D eigenvalue weighted by Gasteiger charge is -2.33. The van der Waals surface area contributed by atoms with E-state index < -0.39 is 26.6 Å². The third-order valence-electron chi connectivity index (χ3n) is 10.9. The predicted octanol–water partition coefficient (Wildman–Crippen LogP) is 8.45. The lowest BCUT2D eigenvalue weighted by atomic mass is 9.93. The Morgan fingerprint density at radius 3 is 1.38 bits per heavy atom. The number of thiol groups is 1. The molecule has 4 unspecified atom stereocenters. The Labute approximate surface area is 330 Å². The molecular weight excluding hydrogens is 781 g/mol. The fourth-order valence-corrected chi connectivity index (χ4v) is 13.0. The number of hydrogen-bond donors (Lipinski definition) is 2. The van der Waals surface area contributed by atoms with Crippen LogP contribution in [0.2, 0.25) is 0 Å². The summed E-state index contributed by atoms with van der Waals surface area (Å²) in [5, 5.41) is 0. The molecule has 4 rings (SSSR count). The third kappa shape index (κ3) is 24.4. The summed E-state index contributed by atoms with van der Waals surface area (Å²) in [5.41, 5.74) is 0.439. The van der Waals surface area contributed by atoms with Crippen molar-refractivity contribution in [1.82, 2.24) is 19.6 Å². The quantitative estimate of drug-likeness (QED) is 0.113. The Morgan fingerprint density at radius 2 is 1.02 bits per heavy atom. The zero-order valence-corrected chi connectivity index (χ0v) is 39.1. The van der Waals surface area contributed by atoms with E-state index in [1.54, 1.807) is 0 Å². The average molecular weight is 853 g/mol. The van der Waals surface area contributed by atoms with Gasteiger partial charge in [-0.3, -0.25) is 0 Å². The summed E-state index contributed by atoms with van der Waals surface area (Å²) in [7, 11) is 5.98. The zero-order chi connectivity index (χ0) is 37.7. The fourth-order valence-electron chi connectivity index (χ4n) is 6.93. The van der Waals surface area contributed by atoms with Crippen molar-refractivity contribution >= 4 is 75.2 Å². The Morgan fingerprint density at radius 1 is 0.660 bits per heavy atom. The predicted molar refractivity (Wildman–Crippen MR) is 234 cm³/mol. The van der Waals surface area contributed by atoms with Gasteiger partial charge in [0.15, 0.2) is 0 Å². The van der Waals surface area contributed by atoms with Crippen LogP contribution in [-0.2, 0) is 50.0 Å². The maximum Gasteiger partial charge on any atom is 0.206 e. The molecule has 0 aromatic carbocycles. The van der Waals surface area contributed by atoms with Crippen molar-refractivity contribution in [3.05, 3.63) is 0 Å². The Hall–Kier alpha value is 1.93. The first-order valence-corrected chi connectivity index (χ1v) is 30.2. The molecule has 296 valence electrons. The van der Waals surface area contributed by atoms with E-state index in [0.717, 1.165) is 94.5 Å². The highest BCUT2D eigenvalue weighted by atomic mass is 32.7. The van der Waals surface area contributed by atoms with Crippen molar-refractivity contribution in [3.63, 3.8) is 0 Å². The summed E-state index contributed by atoms with van der Waals surface area (Å²) < 4.78 is 33.2. The maximum absolute atomic E-state index is 11.8. The summed E-state index contributed by atoms with van der Waals surface area (Å²) in [4.78, 5) is 19.3. The van der Waals surface area contributed by atoms with E-state index in [9.17, 15) is 18.6 Å². The molecule has 4 aliphatic heterocycles. The van der Waals surface area contributed by atoms with Crippen LogP contribution in [0.15, 0.2) is 0 Å². The second-order valence-corrected chi connectivity index (χ2v) is 29.6. The van der Waals surface area contributed by atoms with E-state index in [4.69, 9.17) is 11.8 Å². The average Bonchev–Trinajstić information content (AvgIpc) is 3.07. The van der Waals surface area contributed by atoms with Crippen LogP contribution in [0, 0.1) is 17.8 Å². The summed E-state index contributed by atoms with van der Waals surface area (Å²) in [6, 6.07) is 0. The largest absolute Gasteiger partial charge is 0.446 e. The van der Waals surface area contributed by atoms with Crippen LogP contribution in [0.25, 0.3) is 0 Å². The fraction of sp³-hybridized carbons (Fsp3) is 1.00. The molecule has 0 saturated carbocycles. The number of likely N-dealkylation sites (tertiary alicyclic amines) is 4. The van der Waals surface area contributed by atoms with Crippen LogP contribution >= 0.6 is 38.9 Å². The minimum Gasteiger partial charge on any atom is -0.446 e. The van der Waals surface area contributed by atoms with Gasteiger partial charge in [-0.1, -0.05) is 25.7 Å². The summed E-state index contributed by atoms with van der Waals surface area (Å²) in [6.45, 7) is 13.3. The molecule has 0 aromatic heterocycles. The molecule has 0 aliphatic carbocycles. The SMILES string of the molecule is CCP(=O)(S)CC1CCN(C)CC1.CCP(O)(=S)C1CCN(C)CC1.CN1CCC(CCC[P+](=O)[S-])CC1.CN1CCC(CC[P+](=O)[S-])CC1. The van der Waals surface area contributed by atoms with Gasteiger partial charge in [-0.25, -0.2) is 0 Å². The van der Waals surface area contributed by atoms with Gasteiger partial charge in [0, 0.05) is 18.0 Å². The number of hydrogen-bond acceptors (Lipinski definition) is 10. The van der Waals surface area contributed by atoms with Crippen molar-refractivity contribution in [2.75, 3.05) is 111 Å². The van der Waals surface area contributed by atoms with E-state index in [1.807, 2.05) is 13.8 Å². The Balaban J connectivity index is 0.000000334. The molecule has 4 fully saturated rings. The number of piperidine rings is 4. The number of rotatable bonds is 12. The van der Waals surface area contributed by atoms with Crippen LogP contribution in [0.4, 0.5) is 0 Å². The Kier molecular flexibility index (Phi) is 27.5. The number of nitrogens with zero attached hydrogens (tertiary/aromatic N) is 4. The molecule has 50 heavy (non-hydrogen) atoms. The second-order valence-electron chi connectivity index (χ2n) is 15.2. The molecule has 4 aliphatic rings. The van der Waals surface area contributed by atoms with Crippen molar-refractivity contribution in [2.24, 2.45) is 17.8 Å². The first-order valence-electron chi connectivity index (χ1n) is 19.1. The van der Waals surface area contributed by atoms with E-state index in [-0.39, 0.29) is 0 Å². The second kappa shape index (κ2) is 27.5. The monoisotopic (exact) mass is 852 g/mol. The van der Waals surface area contributed by atoms with Gasteiger partial charge in [0.1, 0.15) is 18.7 Å². The molecule has 0 radical (unpaired) electrons. The van der Waals surface area contributed by atoms with Gasteiger partial charge in [0.25, 0.3) is 0 Å². The highest BCUT2D eigenvalue weighted by Crippen LogP contribution is 2.52. The molecule has 8 nitrogen and oxygen atoms in total. The zero-order valence-electron chi connectivity index (χ0n) is 32.2. The van der Waals surface area contributed by atoms with Gasteiger partial charge in [-0.15, -0.1) is 21.4 Å². The van der Waals surface area contributed by atoms with Crippen molar-refractivity contribution in [1.29, 1.82) is 0 Å². The standard InChI is InChI=1S/C9H18NOPS.C9H20NOPS.C8H16NOPS.C8H18NOPS/c1-10-6-4-9(5-7-10)3-2-8-12(11)13;1-3-12(11,13)8-9-4-6-10(2)7-5-9;1-9-5-2-8(3-6-9)4-7-11(10)12;1-3-11(10,12)8-4-6-9(2)7-5-8/h9H,2-8H2,1H3;9H,3-8H2,1-2H3,(H,11,13);8H,2-7H2,1H3;8H,3-7H2,1-2H3,(H,10,12). The lowest BCUT2D eigenvalue weighted by molar-refractivity contribution is 0.212. The molecule has 0 bridgehead atoms. The first kappa shape index (κ1) is 49.9. The highest BCUT2D eigenvalue weighted by Gasteiger charge is 2.27. The smallest absolute Gasteiger partial charge is 0.206 e. The first-order chi connectivity index (χ1) is 23.5. The molecular formula is C34H72N4O4P4S4. The van der Waals surface area contributed by atoms with Crippen LogP contribution in [0.1, 0.15) is 84.5 Å². The lowest BCUT2D eigenvalue weighted by Crippen LogP contribution is -2.33. The van der Waals surface area contributed by atoms with Crippen LogP contribution in [0.3, 0.4) is 0 Å². The normalized spacial score (nSPS) is 24.3. The molecule has 0 amide bonds. The van der Waals surface area contributed by atoms with Crippen molar-refractivity contribution < 1.29 is 18.6 Å². The van der Waals surface area contributed by atoms with Crippen LogP contribution in [0.5, 0.6) is 0 Å². The summed E-state index contributed by atoms with van der Waals surface area (Å²) >= 11 is 18.8. The Bertz CT molecular complexity index is 1040. The highest BCUT2D eigenvalue weighted by molar-refractivity contribution is 8.48. The van der Waals surface area contributed by atoms with Gasteiger partial charge in [-0.2, -0.15) is 0 Å². The van der Waals surface area contributed by atoms with E-state index in [2.05, 4.69) is 84.5 Å². The van der Waals surface area contributed by atoms with Crippen LogP contribution < -0.4 is 0 Å². The minimum absolute atomic E-state index is 0.439. The third-order valence-corrected chi connectivity index (χ3v) is 21.0. The molecule has 1 N–H and O–H groups in total. The van der Waals surface area contributed by atoms with E-state index in [1.165, 1.54) is 71.1 Å². The van der Waals surface area contributed by atoms with Gasteiger partial charge >= 0.3 is 0 Å². The van der Waals surface area contributed by atoms with Gasteiger partial charge < -0.3 is 53.6 Å². The van der Waals surface area contributed by atoms with Gasteiger partial charge in [-0.05, 0) is 175 Å². The van der Waals surface area contributed by atoms with Crippen LogP contribution in [-0.4, -0.2) is 142 Å². The summed E-state index contributed by atoms with van der Waals surface area (Å²) in [6.07, 6.45) is 12.9. The maximum atomic E-state index is 11.8. The van der Waals surface area contributed by atoms with Crippen molar-refractivity contribution in [2.45, 2.75) is 90.1 Å². The van der Waals surface area contributed by atoms with Crippen molar-refractivity contribution in [3.8, 4) is 0 Å². The molecule has 0 aromatic rings. The van der Waals surface area contributed by atoms with E-state index >= 15 is 0 Å². The van der Waals surface area contributed by atoms with E-state index in [0.29, 0.717) is 11.6 Å². The topological polar surface area (TPSA) is 84.4 Å².